The molecule has 0 spiro atoms. The van der Waals surface area contributed by atoms with Crippen LogP contribution in [0.2, 0.25) is 0 Å². The largest absolute Gasteiger partial charge is 0.362 e. The lowest BCUT2D eigenvalue weighted by molar-refractivity contribution is 0.343. The summed E-state index contributed by atoms with van der Waals surface area (Å²) in [6.07, 6.45) is 0. The minimum Gasteiger partial charge on any atom is -0.362 e. The number of nitrogens with one attached hydrogen (secondary N) is 1. The maximum absolute atomic E-state index is 11.0. The fraction of sp³-hybridized carbons (Fsp3) is 0.250. The van der Waals surface area contributed by atoms with Crippen molar-refractivity contribution in [1.82, 2.24) is 0 Å². The predicted molar refractivity (Wildman–Crippen MR) is 62.7 cm³/mol. The first-order valence-corrected chi connectivity index (χ1v) is 7.91. The second-order valence-corrected chi connectivity index (χ2v) is 7.31. The monoisotopic (exact) mass is 281 g/mol. The van der Waals surface area contributed by atoms with Crippen molar-refractivity contribution >= 4 is 20.9 Å². The van der Waals surface area contributed by atoms with Crippen LogP contribution in [0, 0.1) is 6.92 Å². The Kier molecular flexibility index (Phi) is 4.15. The van der Waals surface area contributed by atoms with E-state index in [1.807, 2.05) is 0 Å². The van der Waals surface area contributed by atoms with Gasteiger partial charge < -0.3 is 24.9 Å². The van der Waals surface area contributed by atoms with Gasteiger partial charge in [-0.2, -0.15) is 0 Å². The first kappa shape index (κ1) is 14.4. The molecule has 0 aliphatic heterocycles. The van der Waals surface area contributed by atoms with E-state index in [0.717, 1.165) is 0 Å². The summed E-state index contributed by atoms with van der Waals surface area (Å²) in [6.45, 7) is 1.65. The minimum atomic E-state index is -4.96. The normalized spacial score (nSPS) is 12.8. The van der Waals surface area contributed by atoms with Crippen LogP contribution in [0.15, 0.2) is 24.3 Å². The summed E-state index contributed by atoms with van der Waals surface area (Å²) in [5, 5.41) is 2.20. The lowest BCUT2D eigenvalue weighted by Crippen LogP contribution is -2.20. The van der Waals surface area contributed by atoms with E-state index >= 15 is 0 Å². The summed E-state index contributed by atoms with van der Waals surface area (Å²) in [7, 11) is -9.91. The van der Waals surface area contributed by atoms with Gasteiger partial charge >= 0.3 is 15.2 Å². The zero-order valence-electron chi connectivity index (χ0n) is 8.89. The van der Waals surface area contributed by atoms with Crippen LogP contribution in [-0.2, 0) is 9.13 Å². The Hall–Kier alpha value is -0.680. The molecule has 0 aliphatic rings. The fourth-order valence-corrected chi connectivity index (χ4v) is 3.42. The second kappa shape index (κ2) is 4.90. The molecular formula is C8H13NO6P2. The molecule has 1 aromatic rings. The van der Waals surface area contributed by atoms with Crippen LogP contribution in [0.1, 0.15) is 5.56 Å². The van der Waals surface area contributed by atoms with Gasteiger partial charge in [0.25, 0.3) is 0 Å². The molecule has 17 heavy (non-hydrogen) atoms. The topological polar surface area (TPSA) is 127 Å². The number of para-hydroxylation sites is 1. The summed E-state index contributed by atoms with van der Waals surface area (Å²) in [5.74, 6) is 0. The highest BCUT2D eigenvalue weighted by atomic mass is 31.2. The van der Waals surface area contributed by atoms with Crippen LogP contribution in [0.5, 0.6) is 0 Å². The lowest BCUT2D eigenvalue weighted by atomic mass is 10.2. The van der Waals surface area contributed by atoms with E-state index in [1.165, 1.54) is 6.07 Å². The van der Waals surface area contributed by atoms with Crippen molar-refractivity contribution in [2.75, 3.05) is 5.32 Å². The van der Waals surface area contributed by atoms with Crippen molar-refractivity contribution in [2.24, 2.45) is 0 Å². The fourth-order valence-electron chi connectivity index (χ4n) is 1.24. The SMILES string of the molecule is Cc1ccccc1NC(P(=O)(O)O)P(=O)(O)O. The molecule has 0 heterocycles. The molecule has 7 nitrogen and oxygen atoms in total. The number of anilines is 1. The Labute approximate surface area is 97.8 Å². The first-order chi connectivity index (χ1) is 7.62. The quantitative estimate of drug-likeness (QED) is 0.522. The molecule has 5 N–H and O–H groups in total. The molecule has 1 rings (SSSR count). The maximum atomic E-state index is 11.0. The molecule has 96 valence electrons. The lowest BCUT2D eigenvalue weighted by Gasteiger charge is -2.22. The van der Waals surface area contributed by atoms with Gasteiger partial charge in [0.05, 0.1) is 0 Å². The van der Waals surface area contributed by atoms with Gasteiger partial charge in [0.1, 0.15) is 0 Å². The van der Waals surface area contributed by atoms with Crippen LogP contribution in [-0.4, -0.2) is 25.1 Å². The summed E-state index contributed by atoms with van der Waals surface area (Å²) in [5.41, 5.74) is -1.33. The molecule has 0 unspecified atom stereocenters. The molecule has 0 amide bonds. The van der Waals surface area contributed by atoms with Gasteiger partial charge in [-0.3, -0.25) is 9.13 Å². The van der Waals surface area contributed by atoms with Gasteiger partial charge in [-0.25, -0.2) is 0 Å². The van der Waals surface area contributed by atoms with Gasteiger partial charge in [0.2, 0.25) is 5.52 Å². The standard InChI is InChI=1S/C8H13NO6P2/c1-6-4-2-3-5-7(6)9-8(16(10,11)12)17(13,14)15/h2-5,8-9H,1H3,(H2,10,11,12)(H2,13,14,15). The number of aryl methyl sites for hydroxylation is 1. The number of hydrogen-bond donors (Lipinski definition) is 5. The zero-order chi connectivity index (χ0) is 13.3. The van der Waals surface area contributed by atoms with E-state index in [-0.39, 0.29) is 5.69 Å². The van der Waals surface area contributed by atoms with Gasteiger partial charge in [-0.15, -0.1) is 0 Å². The number of hydrogen-bond acceptors (Lipinski definition) is 3. The van der Waals surface area contributed by atoms with E-state index in [9.17, 15) is 9.13 Å². The number of benzene rings is 1. The predicted octanol–water partition coefficient (Wildman–Crippen LogP) is 1.05. The van der Waals surface area contributed by atoms with Gasteiger partial charge in [-0.05, 0) is 18.6 Å². The minimum absolute atomic E-state index is 0.268. The highest BCUT2D eigenvalue weighted by molar-refractivity contribution is 7.71. The third-order valence-corrected chi connectivity index (χ3v) is 5.40. The maximum Gasteiger partial charge on any atom is 0.360 e. The molecule has 0 aliphatic carbocycles. The summed E-state index contributed by atoms with van der Waals surface area (Å²) < 4.78 is 22.1. The van der Waals surface area contributed by atoms with Gasteiger partial charge in [-0.1, -0.05) is 18.2 Å². The van der Waals surface area contributed by atoms with Crippen molar-refractivity contribution in [3.63, 3.8) is 0 Å². The third kappa shape index (κ3) is 3.92. The Bertz CT molecular complexity index is 471. The molecule has 1 aromatic carbocycles. The average Bonchev–Trinajstić information content (AvgIpc) is 2.12. The molecule has 0 atom stereocenters. The van der Waals surface area contributed by atoms with Crippen LogP contribution in [0.25, 0.3) is 0 Å². The van der Waals surface area contributed by atoms with Gasteiger partial charge in [0.15, 0.2) is 0 Å². The highest BCUT2D eigenvalue weighted by Crippen LogP contribution is 2.59. The van der Waals surface area contributed by atoms with Crippen molar-refractivity contribution in [2.45, 2.75) is 12.4 Å². The first-order valence-electron chi connectivity index (χ1n) is 4.55. The number of rotatable bonds is 4. The van der Waals surface area contributed by atoms with E-state index in [0.29, 0.717) is 5.56 Å². The summed E-state index contributed by atoms with van der Waals surface area (Å²) in [6, 6.07) is 6.42. The summed E-state index contributed by atoms with van der Waals surface area (Å²) >= 11 is 0. The van der Waals surface area contributed by atoms with E-state index in [2.05, 4.69) is 5.32 Å². The Morgan fingerprint density at radius 2 is 1.53 bits per heavy atom. The molecule has 0 radical (unpaired) electrons. The van der Waals surface area contributed by atoms with Crippen molar-refractivity contribution in [1.29, 1.82) is 0 Å². The molecule has 9 heteroatoms. The van der Waals surface area contributed by atoms with E-state index in [1.54, 1.807) is 25.1 Å². The molecule has 0 aromatic heterocycles. The van der Waals surface area contributed by atoms with E-state index < -0.39 is 20.7 Å². The Morgan fingerprint density at radius 1 is 1.06 bits per heavy atom. The van der Waals surface area contributed by atoms with Gasteiger partial charge in [0, 0.05) is 5.69 Å². The van der Waals surface area contributed by atoms with E-state index in [4.69, 9.17) is 19.6 Å². The van der Waals surface area contributed by atoms with Crippen LogP contribution in [0.3, 0.4) is 0 Å². The third-order valence-electron chi connectivity index (χ3n) is 2.07. The highest BCUT2D eigenvalue weighted by Gasteiger charge is 2.43. The molecule has 0 fully saturated rings. The van der Waals surface area contributed by atoms with Crippen LogP contribution >= 0.6 is 15.2 Å². The smallest absolute Gasteiger partial charge is 0.360 e. The average molecular weight is 281 g/mol. The second-order valence-electron chi connectivity index (χ2n) is 3.51. The van der Waals surface area contributed by atoms with Crippen molar-refractivity contribution in [3.05, 3.63) is 29.8 Å². The molecular weight excluding hydrogens is 268 g/mol. The zero-order valence-corrected chi connectivity index (χ0v) is 10.7. The van der Waals surface area contributed by atoms with Crippen molar-refractivity contribution in [3.8, 4) is 0 Å². The molecule has 0 bridgehead atoms. The Balaban J connectivity index is 3.09. The van der Waals surface area contributed by atoms with Crippen LogP contribution < -0.4 is 5.32 Å². The Morgan fingerprint density at radius 3 is 1.94 bits per heavy atom. The molecule has 0 saturated heterocycles. The summed E-state index contributed by atoms with van der Waals surface area (Å²) in [4.78, 5) is 35.7. The van der Waals surface area contributed by atoms with Crippen LogP contribution in [0.4, 0.5) is 5.69 Å². The molecule has 0 saturated carbocycles. The van der Waals surface area contributed by atoms with Crippen molar-refractivity contribution < 1.29 is 28.7 Å².